The van der Waals surface area contributed by atoms with Gasteiger partial charge in [-0.2, -0.15) is 0 Å². The van der Waals surface area contributed by atoms with Crippen LogP contribution in [0.3, 0.4) is 0 Å². The molecule has 1 amide bonds. The van der Waals surface area contributed by atoms with Gasteiger partial charge in [-0.3, -0.25) is 9.78 Å². The Morgan fingerprint density at radius 3 is 2.44 bits per heavy atom. The fourth-order valence-electron chi connectivity index (χ4n) is 2.59. The zero-order valence-electron chi connectivity index (χ0n) is 13.7. The molecule has 4 nitrogen and oxygen atoms in total. The Kier molecular flexibility index (Phi) is 8.83. The molecular formula is C18H22Cl2FN3O. The first-order valence-electron chi connectivity index (χ1n) is 7.86. The average molecular weight is 386 g/mol. The van der Waals surface area contributed by atoms with Gasteiger partial charge in [-0.25, -0.2) is 4.39 Å². The minimum absolute atomic E-state index is 0. The molecule has 136 valence electrons. The predicted octanol–water partition coefficient (Wildman–Crippen LogP) is 2.86. The summed E-state index contributed by atoms with van der Waals surface area (Å²) in [7, 11) is 0. The van der Waals surface area contributed by atoms with E-state index in [4.69, 9.17) is 0 Å². The molecule has 1 fully saturated rings. The summed E-state index contributed by atoms with van der Waals surface area (Å²) in [6.07, 6.45) is 2.48. The fraction of sp³-hybridized carbons (Fsp3) is 0.333. The van der Waals surface area contributed by atoms with Gasteiger partial charge in [0.1, 0.15) is 5.82 Å². The van der Waals surface area contributed by atoms with Crippen molar-refractivity contribution in [3.63, 3.8) is 0 Å². The van der Waals surface area contributed by atoms with Gasteiger partial charge in [0.15, 0.2) is 0 Å². The quantitative estimate of drug-likeness (QED) is 0.831. The van der Waals surface area contributed by atoms with Gasteiger partial charge in [0.2, 0.25) is 5.91 Å². The zero-order chi connectivity index (χ0) is 16.1. The van der Waals surface area contributed by atoms with Crippen molar-refractivity contribution >= 4 is 30.7 Å². The molecule has 0 bridgehead atoms. The largest absolute Gasteiger partial charge is 0.338 e. The Hall–Kier alpha value is -1.69. The molecule has 1 N–H and O–H groups in total. The third kappa shape index (κ3) is 5.96. The standard InChI is InChI=1S/C18H20FN3O.2ClH/c19-16-6-4-14(5-7-16)13-22(18(23)15-11-20-12-15)10-8-17-3-1-2-9-21-17;;/h1-7,9,15,20H,8,10-13H2;2*1H. The summed E-state index contributed by atoms with van der Waals surface area (Å²) < 4.78 is 13.0. The van der Waals surface area contributed by atoms with Crippen molar-refractivity contribution in [3.05, 3.63) is 65.7 Å². The molecule has 0 spiro atoms. The van der Waals surface area contributed by atoms with Crippen molar-refractivity contribution in [2.45, 2.75) is 13.0 Å². The van der Waals surface area contributed by atoms with Crippen LogP contribution in [-0.2, 0) is 17.8 Å². The summed E-state index contributed by atoms with van der Waals surface area (Å²) in [5.41, 5.74) is 1.91. The minimum atomic E-state index is -0.261. The maximum atomic E-state index is 13.0. The van der Waals surface area contributed by atoms with E-state index in [2.05, 4.69) is 10.3 Å². The molecule has 25 heavy (non-hydrogen) atoms. The molecule has 0 saturated carbocycles. The lowest BCUT2D eigenvalue weighted by Gasteiger charge is -2.32. The van der Waals surface area contributed by atoms with Crippen LogP contribution in [-0.4, -0.2) is 35.4 Å². The number of nitrogens with zero attached hydrogens (tertiary/aromatic N) is 2. The van der Waals surface area contributed by atoms with Crippen LogP contribution in [0, 0.1) is 11.7 Å². The van der Waals surface area contributed by atoms with Crippen LogP contribution in [0.1, 0.15) is 11.3 Å². The van der Waals surface area contributed by atoms with E-state index < -0.39 is 0 Å². The normalized spacial score (nSPS) is 13.2. The van der Waals surface area contributed by atoms with Gasteiger partial charge >= 0.3 is 0 Å². The molecule has 2 aromatic rings. The van der Waals surface area contributed by atoms with Crippen LogP contribution < -0.4 is 5.32 Å². The van der Waals surface area contributed by atoms with Crippen LogP contribution in [0.2, 0.25) is 0 Å². The minimum Gasteiger partial charge on any atom is -0.338 e. The van der Waals surface area contributed by atoms with E-state index >= 15 is 0 Å². The SMILES string of the molecule is Cl.Cl.O=C(C1CNC1)N(CCc1ccccn1)Cc1ccc(F)cc1. The first kappa shape index (κ1) is 21.4. The van der Waals surface area contributed by atoms with Gasteiger partial charge in [0, 0.05) is 44.5 Å². The second-order valence-electron chi connectivity index (χ2n) is 5.81. The summed E-state index contributed by atoms with van der Waals surface area (Å²) >= 11 is 0. The monoisotopic (exact) mass is 385 g/mol. The molecule has 0 atom stereocenters. The Morgan fingerprint density at radius 2 is 1.88 bits per heavy atom. The van der Waals surface area contributed by atoms with Crippen LogP contribution in [0.5, 0.6) is 0 Å². The highest BCUT2D eigenvalue weighted by molar-refractivity contribution is 5.85. The molecule has 1 aliphatic heterocycles. The van der Waals surface area contributed by atoms with Gasteiger partial charge in [-0.1, -0.05) is 18.2 Å². The number of pyridine rings is 1. The van der Waals surface area contributed by atoms with E-state index in [1.807, 2.05) is 23.1 Å². The summed E-state index contributed by atoms with van der Waals surface area (Å²) in [4.78, 5) is 18.8. The highest BCUT2D eigenvalue weighted by Crippen LogP contribution is 2.14. The average Bonchev–Trinajstić information content (AvgIpc) is 2.52. The van der Waals surface area contributed by atoms with Crippen molar-refractivity contribution in [3.8, 4) is 0 Å². The van der Waals surface area contributed by atoms with Crippen LogP contribution in [0.25, 0.3) is 0 Å². The molecule has 0 unspecified atom stereocenters. The number of nitrogens with one attached hydrogen (secondary N) is 1. The second kappa shape index (κ2) is 10.3. The van der Waals surface area contributed by atoms with E-state index in [0.29, 0.717) is 19.5 Å². The summed E-state index contributed by atoms with van der Waals surface area (Å²) in [6.45, 7) is 2.59. The van der Waals surface area contributed by atoms with Crippen LogP contribution in [0.15, 0.2) is 48.7 Å². The molecule has 3 rings (SSSR count). The lowest BCUT2D eigenvalue weighted by molar-refractivity contribution is -0.137. The molecule has 1 aromatic heterocycles. The topological polar surface area (TPSA) is 45.2 Å². The molecular weight excluding hydrogens is 364 g/mol. The van der Waals surface area contributed by atoms with Crippen molar-refractivity contribution in [1.29, 1.82) is 0 Å². The maximum absolute atomic E-state index is 13.0. The van der Waals surface area contributed by atoms with E-state index in [-0.39, 0.29) is 42.5 Å². The number of carbonyl (C=O) groups is 1. The predicted molar refractivity (Wildman–Crippen MR) is 101 cm³/mol. The summed E-state index contributed by atoms with van der Waals surface area (Å²) in [6, 6.07) is 12.1. The van der Waals surface area contributed by atoms with E-state index in [0.717, 1.165) is 24.3 Å². The Morgan fingerprint density at radius 1 is 1.16 bits per heavy atom. The molecule has 1 aliphatic rings. The van der Waals surface area contributed by atoms with Crippen LogP contribution >= 0.6 is 24.8 Å². The maximum Gasteiger partial charge on any atom is 0.228 e. The lowest BCUT2D eigenvalue weighted by Crippen LogP contribution is -2.52. The molecule has 0 aliphatic carbocycles. The van der Waals surface area contributed by atoms with Gasteiger partial charge in [0.05, 0.1) is 5.92 Å². The number of halogens is 3. The fourth-order valence-corrected chi connectivity index (χ4v) is 2.59. The third-order valence-electron chi connectivity index (χ3n) is 4.09. The highest BCUT2D eigenvalue weighted by Gasteiger charge is 2.29. The van der Waals surface area contributed by atoms with Crippen molar-refractivity contribution in [1.82, 2.24) is 15.2 Å². The number of aromatic nitrogens is 1. The summed E-state index contributed by atoms with van der Waals surface area (Å²) in [5, 5.41) is 3.13. The zero-order valence-corrected chi connectivity index (χ0v) is 15.4. The van der Waals surface area contributed by atoms with Crippen molar-refractivity contribution in [2.75, 3.05) is 19.6 Å². The second-order valence-corrected chi connectivity index (χ2v) is 5.81. The van der Waals surface area contributed by atoms with Gasteiger partial charge in [-0.15, -0.1) is 24.8 Å². The number of benzene rings is 1. The lowest BCUT2D eigenvalue weighted by atomic mass is 10.0. The molecule has 0 radical (unpaired) electrons. The molecule has 1 saturated heterocycles. The van der Waals surface area contributed by atoms with E-state index in [9.17, 15) is 9.18 Å². The summed E-state index contributed by atoms with van der Waals surface area (Å²) in [5.74, 6) is -0.0495. The number of hydrogen-bond acceptors (Lipinski definition) is 3. The first-order valence-corrected chi connectivity index (χ1v) is 7.86. The first-order chi connectivity index (χ1) is 11.2. The van der Waals surface area contributed by atoms with E-state index in [1.165, 1.54) is 12.1 Å². The Labute approximate surface area is 159 Å². The Bertz CT molecular complexity index is 651. The Balaban J connectivity index is 0.00000156. The number of hydrogen-bond donors (Lipinski definition) is 1. The number of carbonyl (C=O) groups excluding carboxylic acids is 1. The van der Waals surface area contributed by atoms with E-state index in [1.54, 1.807) is 18.3 Å². The molecule has 2 heterocycles. The third-order valence-corrected chi connectivity index (χ3v) is 4.09. The number of amides is 1. The van der Waals surface area contributed by atoms with Crippen LogP contribution in [0.4, 0.5) is 4.39 Å². The van der Waals surface area contributed by atoms with Gasteiger partial charge in [-0.05, 0) is 29.8 Å². The van der Waals surface area contributed by atoms with Gasteiger partial charge in [0.25, 0.3) is 0 Å². The van der Waals surface area contributed by atoms with Gasteiger partial charge < -0.3 is 10.2 Å². The smallest absolute Gasteiger partial charge is 0.228 e. The molecule has 1 aromatic carbocycles. The van der Waals surface area contributed by atoms with Crippen molar-refractivity contribution in [2.24, 2.45) is 5.92 Å². The highest BCUT2D eigenvalue weighted by atomic mass is 35.5. The number of rotatable bonds is 6. The molecule has 7 heteroatoms. The van der Waals surface area contributed by atoms with Crippen molar-refractivity contribution < 1.29 is 9.18 Å².